The van der Waals surface area contributed by atoms with Crippen LogP contribution in [0.2, 0.25) is 0 Å². The Morgan fingerprint density at radius 2 is 1.65 bits per heavy atom. The minimum absolute atomic E-state index is 0.00157. The molecule has 23 heavy (non-hydrogen) atoms. The van der Waals surface area contributed by atoms with Crippen LogP contribution in [0.3, 0.4) is 0 Å². The summed E-state index contributed by atoms with van der Waals surface area (Å²) >= 11 is 0. The van der Waals surface area contributed by atoms with Gasteiger partial charge in [-0.1, -0.05) is 0 Å². The van der Waals surface area contributed by atoms with Gasteiger partial charge in [0.25, 0.3) is 0 Å². The summed E-state index contributed by atoms with van der Waals surface area (Å²) in [4.78, 5) is 32.7. The number of amides is 1. The fraction of sp³-hybridized carbons (Fsp3) is 0.769. The predicted octanol–water partition coefficient (Wildman–Crippen LogP) is 0.863. The van der Waals surface area contributed by atoms with Crippen molar-refractivity contribution in [1.29, 1.82) is 0 Å². The Bertz CT molecular complexity index is 481. The lowest BCUT2D eigenvalue weighted by Crippen LogP contribution is -2.41. The Hall–Kier alpha value is -1.44. The molecule has 0 aliphatic rings. The van der Waals surface area contributed by atoms with Crippen LogP contribution in [0.5, 0.6) is 0 Å². The first-order valence-electron chi connectivity index (χ1n) is 6.90. The topological polar surface area (TPSA) is 117 Å². The molecule has 10 heteroatoms. The molecule has 1 N–H and O–H groups in total. The van der Waals surface area contributed by atoms with Gasteiger partial charge in [-0.25, -0.2) is 0 Å². The van der Waals surface area contributed by atoms with Crippen molar-refractivity contribution in [3.8, 4) is 0 Å². The van der Waals surface area contributed by atoms with Crippen LogP contribution in [0.15, 0.2) is 0 Å². The van der Waals surface area contributed by atoms with Gasteiger partial charge in [-0.05, 0) is 6.92 Å². The highest BCUT2D eigenvalue weighted by Crippen LogP contribution is 2.44. The second-order valence-corrected chi connectivity index (χ2v) is 7.24. The van der Waals surface area contributed by atoms with Crippen LogP contribution >= 0.6 is 7.60 Å². The van der Waals surface area contributed by atoms with Crippen molar-refractivity contribution in [3.05, 3.63) is 0 Å². The first-order valence-corrected chi connectivity index (χ1v) is 8.89. The minimum atomic E-state index is -3.42. The van der Waals surface area contributed by atoms with Gasteiger partial charge in [0.1, 0.15) is 6.61 Å². The van der Waals surface area contributed by atoms with Gasteiger partial charge in [-0.3, -0.25) is 18.9 Å². The monoisotopic (exact) mass is 353 g/mol. The molecular formula is C13H24NO8P. The van der Waals surface area contributed by atoms with Gasteiger partial charge >= 0.3 is 19.5 Å². The first kappa shape index (κ1) is 21.6. The van der Waals surface area contributed by atoms with Crippen molar-refractivity contribution in [2.45, 2.75) is 33.3 Å². The standard InChI is InChI=1S/C13H24NO8P/c1-10(15)14-6-7-20-23(5,18)21-9-13(4,22-12(3)17)8-19-11(2)16/h6-9H2,1-5H3,(H,14,15)/t13-,23?/m1/s1. The zero-order chi connectivity index (χ0) is 18.1. The summed E-state index contributed by atoms with van der Waals surface area (Å²) in [5.74, 6) is -1.38. The van der Waals surface area contributed by atoms with Crippen molar-refractivity contribution < 1.29 is 37.5 Å². The van der Waals surface area contributed by atoms with E-state index in [4.69, 9.17) is 18.5 Å². The molecule has 0 spiro atoms. The lowest BCUT2D eigenvalue weighted by atomic mass is 10.1. The third-order valence-corrected chi connectivity index (χ3v) is 3.63. The number of hydrogen-bond acceptors (Lipinski definition) is 8. The zero-order valence-corrected chi connectivity index (χ0v) is 14.9. The van der Waals surface area contributed by atoms with Crippen LogP contribution in [0.1, 0.15) is 27.7 Å². The summed E-state index contributed by atoms with van der Waals surface area (Å²) in [5.41, 5.74) is -1.29. The van der Waals surface area contributed by atoms with Crippen molar-refractivity contribution in [2.24, 2.45) is 0 Å². The number of carbonyl (C=O) groups excluding carboxylic acids is 3. The average molecular weight is 353 g/mol. The molecule has 0 aromatic rings. The summed E-state index contributed by atoms with van der Waals surface area (Å²) in [6.07, 6.45) is 0. The molecule has 134 valence electrons. The normalized spacial score (nSPS) is 15.9. The fourth-order valence-corrected chi connectivity index (χ4v) is 2.44. The number of ether oxygens (including phenoxy) is 2. The van der Waals surface area contributed by atoms with E-state index in [1.54, 1.807) is 0 Å². The Balaban J connectivity index is 4.50. The quantitative estimate of drug-likeness (QED) is 0.349. The zero-order valence-electron chi connectivity index (χ0n) is 14.0. The molecule has 0 aromatic carbocycles. The highest BCUT2D eigenvalue weighted by atomic mass is 31.2. The van der Waals surface area contributed by atoms with Crippen LogP contribution in [0, 0.1) is 0 Å². The van der Waals surface area contributed by atoms with Crippen LogP contribution in [-0.2, 0) is 37.5 Å². The predicted molar refractivity (Wildman–Crippen MR) is 80.9 cm³/mol. The van der Waals surface area contributed by atoms with Gasteiger partial charge in [0, 0.05) is 34.0 Å². The molecule has 0 radical (unpaired) electrons. The maximum absolute atomic E-state index is 12.1. The maximum Gasteiger partial charge on any atom is 0.327 e. The Labute approximate surface area is 135 Å². The highest BCUT2D eigenvalue weighted by Gasteiger charge is 2.33. The van der Waals surface area contributed by atoms with E-state index in [1.807, 2.05) is 0 Å². The second-order valence-electron chi connectivity index (χ2n) is 5.18. The van der Waals surface area contributed by atoms with E-state index in [-0.39, 0.29) is 32.3 Å². The van der Waals surface area contributed by atoms with Crippen molar-refractivity contribution in [2.75, 3.05) is 33.0 Å². The van der Waals surface area contributed by atoms with Crippen molar-refractivity contribution in [1.82, 2.24) is 5.32 Å². The molecule has 0 aliphatic carbocycles. The van der Waals surface area contributed by atoms with E-state index in [9.17, 15) is 18.9 Å². The van der Waals surface area contributed by atoms with Gasteiger partial charge in [0.2, 0.25) is 5.91 Å². The van der Waals surface area contributed by atoms with Crippen LogP contribution in [0.4, 0.5) is 0 Å². The second kappa shape index (κ2) is 9.64. The summed E-state index contributed by atoms with van der Waals surface area (Å²) in [5, 5.41) is 2.48. The lowest BCUT2D eigenvalue weighted by molar-refractivity contribution is -0.171. The third kappa shape index (κ3) is 11.7. The van der Waals surface area contributed by atoms with E-state index in [1.165, 1.54) is 34.4 Å². The molecule has 0 aliphatic heterocycles. The van der Waals surface area contributed by atoms with E-state index < -0.39 is 25.1 Å². The molecule has 1 amide bonds. The van der Waals surface area contributed by atoms with Gasteiger partial charge in [0.15, 0.2) is 5.60 Å². The smallest absolute Gasteiger partial charge is 0.327 e. The van der Waals surface area contributed by atoms with Crippen LogP contribution in [-0.4, -0.2) is 56.5 Å². The van der Waals surface area contributed by atoms with E-state index >= 15 is 0 Å². The molecular weight excluding hydrogens is 329 g/mol. The largest absolute Gasteiger partial charge is 0.462 e. The molecule has 0 rings (SSSR count). The molecule has 1 unspecified atom stereocenters. The molecule has 0 saturated carbocycles. The molecule has 9 nitrogen and oxygen atoms in total. The lowest BCUT2D eigenvalue weighted by Gasteiger charge is -2.29. The van der Waals surface area contributed by atoms with E-state index in [0.29, 0.717) is 0 Å². The fourth-order valence-electron chi connectivity index (χ4n) is 1.43. The van der Waals surface area contributed by atoms with Crippen molar-refractivity contribution in [3.63, 3.8) is 0 Å². The summed E-state index contributed by atoms with van der Waals surface area (Å²) < 4.78 is 32.3. The first-order chi connectivity index (χ1) is 10.5. The molecule has 0 saturated heterocycles. The highest BCUT2D eigenvalue weighted by molar-refractivity contribution is 7.52. The number of carbonyl (C=O) groups is 3. The minimum Gasteiger partial charge on any atom is -0.462 e. The molecule has 0 fully saturated rings. The number of rotatable bonds is 10. The molecule has 2 atom stereocenters. The Morgan fingerprint density at radius 1 is 1.04 bits per heavy atom. The average Bonchev–Trinajstić information content (AvgIpc) is 2.39. The van der Waals surface area contributed by atoms with Gasteiger partial charge in [-0.15, -0.1) is 0 Å². The van der Waals surface area contributed by atoms with E-state index in [0.717, 1.165) is 0 Å². The van der Waals surface area contributed by atoms with Gasteiger partial charge in [0.05, 0.1) is 13.2 Å². The molecule has 0 aromatic heterocycles. The Morgan fingerprint density at radius 3 is 2.13 bits per heavy atom. The third-order valence-electron chi connectivity index (χ3n) is 2.38. The van der Waals surface area contributed by atoms with Gasteiger partial charge < -0.3 is 23.8 Å². The summed E-state index contributed by atoms with van der Waals surface area (Å²) in [6, 6.07) is 0. The molecule has 0 bridgehead atoms. The molecule has 0 heterocycles. The number of nitrogens with one attached hydrogen (secondary N) is 1. The Kier molecular flexibility index (Phi) is 9.04. The summed E-state index contributed by atoms with van der Waals surface area (Å²) in [6.45, 7) is 6.15. The van der Waals surface area contributed by atoms with Crippen molar-refractivity contribution >= 4 is 25.4 Å². The van der Waals surface area contributed by atoms with Crippen LogP contribution < -0.4 is 5.32 Å². The maximum atomic E-state index is 12.1. The SMILES string of the molecule is CC(=O)NCCOP(C)(=O)OC[C@@](C)(COC(C)=O)OC(C)=O. The van der Waals surface area contributed by atoms with Gasteiger partial charge in [-0.2, -0.15) is 0 Å². The van der Waals surface area contributed by atoms with E-state index in [2.05, 4.69) is 5.32 Å². The van der Waals surface area contributed by atoms with Crippen LogP contribution in [0.25, 0.3) is 0 Å². The number of esters is 2. The number of hydrogen-bond donors (Lipinski definition) is 1. The summed E-state index contributed by atoms with van der Waals surface area (Å²) in [7, 11) is -3.42.